The summed E-state index contributed by atoms with van der Waals surface area (Å²) in [6.07, 6.45) is -3.30. The van der Waals surface area contributed by atoms with E-state index in [1.165, 1.54) is 0 Å². The average molecular weight is 380 g/mol. The van der Waals surface area contributed by atoms with Crippen LogP contribution in [0.2, 0.25) is 0 Å². The van der Waals surface area contributed by atoms with Gasteiger partial charge in [-0.1, -0.05) is 18.2 Å². The number of aryl methyl sites for hydroxylation is 1. The lowest BCUT2D eigenvalue weighted by atomic mass is 10.0. The number of ether oxygens (including phenoxy) is 1. The molecule has 0 aliphatic rings. The quantitative estimate of drug-likeness (QED) is 0.702. The van der Waals surface area contributed by atoms with Crippen LogP contribution in [0, 0.1) is 6.92 Å². The molecule has 0 atom stereocenters. The number of carboxylic acid groups (broad SMARTS) is 1. The Morgan fingerprint density at radius 1 is 1.22 bits per heavy atom. The summed E-state index contributed by atoms with van der Waals surface area (Å²) in [4.78, 5) is 21.6. The molecule has 1 aromatic carbocycles. The summed E-state index contributed by atoms with van der Waals surface area (Å²) in [6.45, 7) is 2.04. The minimum absolute atomic E-state index is 0.192. The van der Waals surface area contributed by atoms with E-state index in [1.807, 2.05) is 31.2 Å². The van der Waals surface area contributed by atoms with Crippen LogP contribution in [0.25, 0.3) is 22.2 Å². The van der Waals surface area contributed by atoms with Crippen molar-refractivity contribution < 1.29 is 27.8 Å². The van der Waals surface area contributed by atoms with Crippen molar-refractivity contribution in [2.45, 2.75) is 13.1 Å². The number of benzene rings is 1. The minimum Gasteiger partial charge on any atom is -0.481 e. The smallest absolute Gasteiger partial charge is 0.481 e. The molecular formula is C17H15F3N4O3. The van der Waals surface area contributed by atoms with E-state index in [0.29, 0.717) is 5.88 Å². The first-order valence-electron chi connectivity index (χ1n) is 7.47. The van der Waals surface area contributed by atoms with Crippen LogP contribution in [0.1, 0.15) is 5.56 Å². The standard InChI is InChI=1S/C15H14N4O.C2HF3O2/c1-9-5-6-10(11-4-3-7-17-14(9)11)12-8-13(20-2)19-15(16)18-12;3-2(4,5)1(6)7/h3-8H,1-2H3,(H2,16,18,19);(H,6,7). The average Bonchev–Trinajstić information content (AvgIpc) is 2.61. The molecule has 0 spiro atoms. The third-order valence-corrected chi connectivity index (χ3v) is 3.42. The molecule has 0 fully saturated rings. The lowest BCUT2D eigenvalue weighted by molar-refractivity contribution is -0.192. The third-order valence-electron chi connectivity index (χ3n) is 3.42. The Morgan fingerprint density at radius 3 is 2.48 bits per heavy atom. The zero-order valence-corrected chi connectivity index (χ0v) is 14.3. The highest BCUT2D eigenvalue weighted by Gasteiger charge is 2.38. The van der Waals surface area contributed by atoms with Crippen molar-refractivity contribution in [3.63, 3.8) is 0 Å². The van der Waals surface area contributed by atoms with Crippen molar-refractivity contribution in [1.82, 2.24) is 15.0 Å². The molecule has 0 aliphatic carbocycles. The van der Waals surface area contributed by atoms with Gasteiger partial charge < -0.3 is 15.6 Å². The Bertz CT molecular complexity index is 977. The summed E-state index contributed by atoms with van der Waals surface area (Å²) in [5.74, 6) is -2.12. The summed E-state index contributed by atoms with van der Waals surface area (Å²) >= 11 is 0. The second kappa shape index (κ2) is 7.85. The number of methoxy groups -OCH3 is 1. The van der Waals surface area contributed by atoms with Gasteiger partial charge in [0, 0.05) is 23.2 Å². The van der Waals surface area contributed by atoms with E-state index < -0.39 is 12.1 Å². The number of carboxylic acids is 1. The number of hydrogen-bond acceptors (Lipinski definition) is 6. The lowest BCUT2D eigenvalue weighted by Crippen LogP contribution is -2.21. The first-order chi connectivity index (χ1) is 12.6. The summed E-state index contributed by atoms with van der Waals surface area (Å²) in [6, 6.07) is 9.74. The molecule has 3 N–H and O–H groups in total. The topological polar surface area (TPSA) is 111 Å². The number of aliphatic carboxylic acids is 1. The summed E-state index contributed by atoms with van der Waals surface area (Å²) < 4.78 is 36.9. The van der Waals surface area contributed by atoms with Crippen molar-refractivity contribution in [2.24, 2.45) is 0 Å². The number of carbonyl (C=O) groups is 1. The number of alkyl halides is 3. The van der Waals surface area contributed by atoms with Crippen molar-refractivity contribution in [2.75, 3.05) is 12.8 Å². The predicted molar refractivity (Wildman–Crippen MR) is 92.2 cm³/mol. The van der Waals surface area contributed by atoms with Gasteiger partial charge in [0.15, 0.2) is 0 Å². The molecule has 0 bridgehead atoms. The van der Waals surface area contributed by atoms with Crippen LogP contribution in [-0.4, -0.2) is 39.3 Å². The third kappa shape index (κ3) is 4.81. The van der Waals surface area contributed by atoms with E-state index in [1.54, 1.807) is 19.4 Å². The van der Waals surface area contributed by atoms with Gasteiger partial charge in [-0.3, -0.25) is 4.98 Å². The van der Waals surface area contributed by atoms with E-state index in [2.05, 4.69) is 15.0 Å². The molecule has 27 heavy (non-hydrogen) atoms. The number of anilines is 1. The number of aromatic nitrogens is 3. The number of hydrogen-bond donors (Lipinski definition) is 2. The SMILES string of the molecule is COc1cc(-c2ccc(C)c3ncccc23)nc(N)n1.O=C(O)C(F)(F)F. The van der Waals surface area contributed by atoms with Gasteiger partial charge in [0.05, 0.1) is 18.3 Å². The van der Waals surface area contributed by atoms with Crippen LogP contribution >= 0.6 is 0 Å². The van der Waals surface area contributed by atoms with E-state index in [-0.39, 0.29) is 5.95 Å². The number of fused-ring (bicyclic) bond motifs is 1. The van der Waals surface area contributed by atoms with E-state index in [4.69, 9.17) is 20.4 Å². The van der Waals surface area contributed by atoms with E-state index in [9.17, 15) is 13.2 Å². The number of nitrogen functional groups attached to an aromatic ring is 1. The van der Waals surface area contributed by atoms with Crippen molar-refractivity contribution in [3.8, 4) is 17.1 Å². The highest BCUT2D eigenvalue weighted by Crippen LogP contribution is 2.30. The zero-order chi connectivity index (χ0) is 20.2. The van der Waals surface area contributed by atoms with Gasteiger partial charge in [-0.05, 0) is 18.6 Å². The molecule has 10 heteroatoms. The van der Waals surface area contributed by atoms with Gasteiger partial charge in [0.2, 0.25) is 11.8 Å². The molecular weight excluding hydrogens is 365 g/mol. The Labute approximate surface area is 151 Å². The van der Waals surface area contributed by atoms with Gasteiger partial charge >= 0.3 is 12.1 Å². The lowest BCUT2D eigenvalue weighted by Gasteiger charge is -2.09. The van der Waals surface area contributed by atoms with Gasteiger partial charge in [-0.15, -0.1) is 0 Å². The number of halogens is 3. The number of rotatable bonds is 2. The maximum atomic E-state index is 10.6. The Balaban J connectivity index is 0.000000321. The number of pyridine rings is 1. The van der Waals surface area contributed by atoms with Crippen LogP contribution in [0.3, 0.4) is 0 Å². The summed E-state index contributed by atoms with van der Waals surface area (Å²) in [5.41, 5.74) is 9.50. The Morgan fingerprint density at radius 2 is 1.89 bits per heavy atom. The second-order valence-electron chi connectivity index (χ2n) is 5.29. The van der Waals surface area contributed by atoms with Crippen molar-refractivity contribution in [1.29, 1.82) is 0 Å². The first-order valence-corrected chi connectivity index (χ1v) is 7.47. The highest BCUT2D eigenvalue weighted by molar-refractivity contribution is 5.95. The molecule has 0 unspecified atom stereocenters. The van der Waals surface area contributed by atoms with Gasteiger partial charge in [-0.2, -0.15) is 18.2 Å². The van der Waals surface area contributed by atoms with Crippen LogP contribution in [0.4, 0.5) is 19.1 Å². The molecule has 0 amide bonds. The minimum atomic E-state index is -5.08. The van der Waals surface area contributed by atoms with E-state index in [0.717, 1.165) is 27.7 Å². The normalized spacial score (nSPS) is 10.9. The number of nitrogens with two attached hydrogens (primary N) is 1. The maximum Gasteiger partial charge on any atom is 0.490 e. The van der Waals surface area contributed by atoms with Gasteiger partial charge in [0.1, 0.15) is 0 Å². The monoisotopic (exact) mass is 380 g/mol. The summed E-state index contributed by atoms with van der Waals surface area (Å²) in [7, 11) is 1.56. The maximum absolute atomic E-state index is 10.6. The molecule has 0 saturated carbocycles. The zero-order valence-electron chi connectivity index (χ0n) is 14.3. The van der Waals surface area contributed by atoms with Crippen molar-refractivity contribution in [3.05, 3.63) is 42.1 Å². The molecule has 2 aromatic heterocycles. The van der Waals surface area contributed by atoms with Gasteiger partial charge in [0.25, 0.3) is 0 Å². The first kappa shape index (κ1) is 19.9. The van der Waals surface area contributed by atoms with E-state index >= 15 is 0 Å². The van der Waals surface area contributed by atoms with Gasteiger partial charge in [-0.25, -0.2) is 9.78 Å². The second-order valence-corrected chi connectivity index (χ2v) is 5.29. The Kier molecular flexibility index (Phi) is 5.78. The molecule has 3 rings (SSSR count). The van der Waals surface area contributed by atoms with Crippen LogP contribution < -0.4 is 10.5 Å². The van der Waals surface area contributed by atoms with Crippen molar-refractivity contribution >= 4 is 22.8 Å². The summed E-state index contributed by atoms with van der Waals surface area (Å²) in [5, 5.41) is 8.16. The highest BCUT2D eigenvalue weighted by atomic mass is 19.4. The molecule has 2 heterocycles. The Hall–Kier alpha value is -3.43. The fraction of sp³-hybridized carbons (Fsp3) is 0.176. The largest absolute Gasteiger partial charge is 0.490 e. The molecule has 3 aromatic rings. The fourth-order valence-electron chi connectivity index (χ4n) is 2.22. The molecule has 0 aliphatic heterocycles. The predicted octanol–water partition coefficient (Wildman–Crippen LogP) is 3.22. The molecule has 7 nitrogen and oxygen atoms in total. The number of nitrogens with zero attached hydrogens (tertiary/aromatic N) is 3. The van der Waals surface area contributed by atoms with Crippen LogP contribution in [0.5, 0.6) is 5.88 Å². The molecule has 0 radical (unpaired) electrons. The molecule has 0 saturated heterocycles. The molecule has 142 valence electrons. The van der Waals surface area contributed by atoms with Crippen LogP contribution in [-0.2, 0) is 4.79 Å². The van der Waals surface area contributed by atoms with Crippen LogP contribution in [0.15, 0.2) is 36.5 Å². The fourth-order valence-corrected chi connectivity index (χ4v) is 2.22.